The molecule has 2 aromatic carbocycles. The number of carbonyl (C=O) groups is 2. The Hall–Kier alpha value is -4.93. The van der Waals surface area contributed by atoms with Gasteiger partial charge in [-0.3, -0.25) is 19.8 Å². The number of anilines is 1. The molecule has 1 fully saturated rings. The Morgan fingerprint density at radius 3 is 2.77 bits per heavy atom. The van der Waals surface area contributed by atoms with Gasteiger partial charge in [-0.25, -0.2) is 0 Å². The van der Waals surface area contributed by atoms with E-state index in [1.165, 1.54) is 0 Å². The normalized spacial score (nSPS) is 15.4. The molecule has 6 rings (SSSR count). The van der Waals surface area contributed by atoms with Gasteiger partial charge in [-0.2, -0.15) is 10.2 Å². The number of aromatic amines is 2. The minimum Gasteiger partial charge on any atom is -0.497 e. The van der Waals surface area contributed by atoms with E-state index in [4.69, 9.17) is 9.26 Å². The summed E-state index contributed by atoms with van der Waals surface area (Å²) in [6.45, 7) is 2.51. The molecule has 11 nitrogen and oxygen atoms in total. The van der Waals surface area contributed by atoms with Gasteiger partial charge < -0.3 is 19.5 Å². The highest BCUT2D eigenvalue weighted by molar-refractivity contribution is 6.06. The number of nitrogens with zero attached hydrogens (tertiary/aromatic N) is 4. The zero-order valence-electron chi connectivity index (χ0n) is 21.5. The van der Waals surface area contributed by atoms with Crippen molar-refractivity contribution in [2.45, 2.75) is 32.2 Å². The molecule has 0 spiro atoms. The number of methoxy groups -OCH3 is 1. The molecular weight excluding hydrogens is 498 g/mol. The second-order valence-electron chi connectivity index (χ2n) is 9.61. The van der Waals surface area contributed by atoms with E-state index >= 15 is 0 Å². The third-order valence-electron chi connectivity index (χ3n) is 7.07. The highest BCUT2D eigenvalue weighted by atomic mass is 16.5. The van der Waals surface area contributed by atoms with Crippen molar-refractivity contribution in [2.75, 3.05) is 19.0 Å². The number of hydrogen-bond acceptors (Lipinski definition) is 7. The molecule has 1 aliphatic heterocycles. The number of amides is 2. The SMILES string of the molecule is COc1ccc(-c2cc(C(=O)N3CCCCC3c3cc(NC(=O)c4cc(C)c5[nH]ncc5c4)n[nH]3)no2)cc1. The standard InChI is InChI=1S/C28H27N7O4/c1-16-11-18(12-19-15-29-33-26(16)19)27(36)30-25-14-21(31-32-25)23-5-3-4-10-35(23)28(37)22-13-24(39-34-22)17-6-8-20(38-2)9-7-17/h6-9,11-15,23H,3-5,10H2,1-2H3,(H,29,33)(H2,30,31,32,36). The number of piperidine rings is 1. The van der Waals surface area contributed by atoms with Crippen molar-refractivity contribution in [2.24, 2.45) is 0 Å². The van der Waals surface area contributed by atoms with Crippen LogP contribution in [0.5, 0.6) is 5.75 Å². The van der Waals surface area contributed by atoms with Gasteiger partial charge >= 0.3 is 0 Å². The summed E-state index contributed by atoms with van der Waals surface area (Å²) in [6.07, 6.45) is 4.31. The van der Waals surface area contributed by atoms with Crippen LogP contribution in [0, 0.1) is 6.92 Å². The first-order chi connectivity index (χ1) is 19.0. The van der Waals surface area contributed by atoms with Gasteiger partial charge in [0, 0.05) is 35.2 Å². The lowest BCUT2D eigenvalue weighted by Crippen LogP contribution is -2.38. The quantitative estimate of drug-likeness (QED) is 0.287. The van der Waals surface area contributed by atoms with Crippen molar-refractivity contribution in [1.82, 2.24) is 30.5 Å². The van der Waals surface area contributed by atoms with Crippen molar-refractivity contribution in [3.8, 4) is 17.1 Å². The number of ether oxygens (including phenoxy) is 1. The van der Waals surface area contributed by atoms with E-state index in [9.17, 15) is 9.59 Å². The smallest absolute Gasteiger partial charge is 0.276 e. The van der Waals surface area contributed by atoms with E-state index in [0.717, 1.165) is 52.7 Å². The lowest BCUT2D eigenvalue weighted by molar-refractivity contribution is 0.0595. The van der Waals surface area contributed by atoms with E-state index in [-0.39, 0.29) is 23.6 Å². The number of rotatable bonds is 6. The Morgan fingerprint density at radius 2 is 1.95 bits per heavy atom. The minimum absolute atomic E-state index is 0.215. The van der Waals surface area contributed by atoms with Crippen LogP contribution in [0.2, 0.25) is 0 Å². The maximum atomic E-state index is 13.5. The molecule has 4 heterocycles. The van der Waals surface area contributed by atoms with Crippen LogP contribution < -0.4 is 10.1 Å². The molecule has 3 N–H and O–H groups in total. The van der Waals surface area contributed by atoms with Gasteiger partial charge in [-0.1, -0.05) is 5.16 Å². The van der Waals surface area contributed by atoms with Crippen molar-refractivity contribution in [3.05, 3.63) is 77.2 Å². The van der Waals surface area contributed by atoms with Gasteiger partial charge in [-0.05, 0) is 68.1 Å². The van der Waals surface area contributed by atoms with E-state index < -0.39 is 0 Å². The van der Waals surface area contributed by atoms with E-state index in [1.807, 2.05) is 37.3 Å². The van der Waals surface area contributed by atoms with Crippen molar-refractivity contribution in [3.63, 3.8) is 0 Å². The predicted molar refractivity (Wildman–Crippen MR) is 143 cm³/mol. The van der Waals surface area contributed by atoms with Crippen LogP contribution in [0.4, 0.5) is 5.82 Å². The van der Waals surface area contributed by atoms with Crippen LogP contribution in [0.25, 0.3) is 22.2 Å². The summed E-state index contributed by atoms with van der Waals surface area (Å²) in [6, 6.07) is 14.2. The van der Waals surface area contributed by atoms with Crippen molar-refractivity contribution < 1.29 is 18.8 Å². The van der Waals surface area contributed by atoms with Gasteiger partial charge in [0.05, 0.1) is 30.6 Å². The van der Waals surface area contributed by atoms with Gasteiger partial charge in [0.25, 0.3) is 11.8 Å². The highest BCUT2D eigenvalue weighted by Gasteiger charge is 2.32. The number of hydrogen-bond donors (Lipinski definition) is 3. The van der Waals surface area contributed by atoms with Gasteiger partial charge in [0.2, 0.25) is 0 Å². The number of aryl methyl sites for hydroxylation is 1. The Bertz CT molecular complexity index is 1650. The zero-order valence-corrected chi connectivity index (χ0v) is 21.5. The molecular formula is C28H27N7O4. The first-order valence-corrected chi connectivity index (χ1v) is 12.7. The molecule has 0 saturated carbocycles. The lowest BCUT2D eigenvalue weighted by atomic mass is 9.98. The summed E-state index contributed by atoms with van der Waals surface area (Å²) in [4.78, 5) is 28.2. The second kappa shape index (κ2) is 10.1. The molecule has 1 aliphatic rings. The second-order valence-corrected chi connectivity index (χ2v) is 9.61. The average Bonchev–Trinajstić information content (AvgIpc) is 3.74. The van der Waals surface area contributed by atoms with Crippen molar-refractivity contribution in [1.29, 1.82) is 0 Å². The fraction of sp³-hybridized carbons (Fsp3) is 0.250. The highest BCUT2D eigenvalue weighted by Crippen LogP contribution is 2.33. The summed E-state index contributed by atoms with van der Waals surface area (Å²) >= 11 is 0. The summed E-state index contributed by atoms with van der Waals surface area (Å²) in [5, 5.41) is 22.1. The molecule has 3 aromatic heterocycles. The van der Waals surface area contributed by atoms with Crippen LogP contribution in [0.1, 0.15) is 57.4 Å². The molecule has 0 aliphatic carbocycles. The number of nitrogens with one attached hydrogen (secondary N) is 3. The number of aromatic nitrogens is 5. The summed E-state index contributed by atoms with van der Waals surface area (Å²) < 4.78 is 10.7. The molecule has 5 aromatic rings. The maximum absolute atomic E-state index is 13.5. The van der Waals surface area contributed by atoms with Crippen LogP contribution in [-0.4, -0.2) is 55.9 Å². The summed E-state index contributed by atoms with van der Waals surface area (Å²) in [5.74, 6) is 1.14. The first kappa shape index (κ1) is 24.4. The summed E-state index contributed by atoms with van der Waals surface area (Å²) in [7, 11) is 1.61. The predicted octanol–water partition coefficient (Wildman–Crippen LogP) is 4.88. The number of benzene rings is 2. The minimum atomic E-state index is -0.274. The molecule has 198 valence electrons. The van der Waals surface area contributed by atoms with Crippen LogP contribution >= 0.6 is 0 Å². The lowest BCUT2D eigenvalue weighted by Gasteiger charge is -2.34. The molecule has 0 bridgehead atoms. The summed E-state index contributed by atoms with van der Waals surface area (Å²) in [5.41, 5.74) is 4.13. The van der Waals surface area contributed by atoms with Crippen LogP contribution in [0.15, 0.2) is 59.3 Å². The van der Waals surface area contributed by atoms with Gasteiger partial charge in [0.1, 0.15) is 5.75 Å². The fourth-order valence-electron chi connectivity index (χ4n) is 5.04. The largest absolute Gasteiger partial charge is 0.497 e. The molecule has 1 atom stereocenters. The van der Waals surface area contributed by atoms with E-state index in [1.54, 1.807) is 36.4 Å². The third kappa shape index (κ3) is 4.74. The first-order valence-electron chi connectivity index (χ1n) is 12.7. The molecule has 0 radical (unpaired) electrons. The topological polar surface area (TPSA) is 142 Å². The third-order valence-corrected chi connectivity index (χ3v) is 7.07. The average molecular weight is 526 g/mol. The Balaban J connectivity index is 1.18. The molecule has 39 heavy (non-hydrogen) atoms. The van der Waals surface area contributed by atoms with Crippen LogP contribution in [0.3, 0.4) is 0 Å². The monoisotopic (exact) mass is 525 g/mol. The Kier molecular flexibility index (Phi) is 6.31. The molecule has 1 saturated heterocycles. The Labute approximate surface area is 223 Å². The van der Waals surface area contributed by atoms with Crippen LogP contribution in [-0.2, 0) is 0 Å². The van der Waals surface area contributed by atoms with Gasteiger partial charge in [0.15, 0.2) is 17.3 Å². The van der Waals surface area contributed by atoms with Crippen molar-refractivity contribution >= 4 is 28.5 Å². The van der Waals surface area contributed by atoms with Gasteiger partial charge in [-0.15, -0.1) is 0 Å². The van der Waals surface area contributed by atoms with E-state index in [0.29, 0.717) is 23.7 Å². The molecule has 11 heteroatoms. The fourth-order valence-corrected chi connectivity index (χ4v) is 5.04. The Morgan fingerprint density at radius 1 is 1.10 bits per heavy atom. The number of likely N-dealkylation sites (tertiary alicyclic amines) is 1. The molecule has 2 amide bonds. The number of H-pyrrole nitrogens is 2. The van der Waals surface area contributed by atoms with E-state index in [2.05, 4.69) is 30.9 Å². The number of fused-ring (bicyclic) bond motifs is 1. The maximum Gasteiger partial charge on any atom is 0.276 e. The zero-order chi connectivity index (χ0) is 26.9. The molecule has 1 unspecified atom stereocenters. The number of carbonyl (C=O) groups excluding carboxylic acids is 2.